The SMILES string of the molecule is Cc1ncccc1C(=O)N1C[C@@H](O)[C@@H](O)C1. The topological polar surface area (TPSA) is 73.7 Å². The van der Waals surface area contributed by atoms with E-state index in [1.54, 1.807) is 25.3 Å². The summed E-state index contributed by atoms with van der Waals surface area (Å²) in [7, 11) is 0. The summed E-state index contributed by atoms with van der Waals surface area (Å²) < 4.78 is 0. The van der Waals surface area contributed by atoms with Gasteiger partial charge in [-0.1, -0.05) is 0 Å². The monoisotopic (exact) mass is 222 g/mol. The molecule has 1 amide bonds. The number of aliphatic hydroxyl groups is 2. The largest absolute Gasteiger partial charge is 0.388 e. The summed E-state index contributed by atoms with van der Waals surface area (Å²) in [5, 5.41) is 18.7. The van der Waals surface area contributed by atoms with E-state index in [1.165, 1.54) is 4.90 Å². The number of rotatable bonds is 1. The number of carbonyl (C=O) groups is 1. The van der Waals surface area contributed by atoms with E-state index in [-0.39, 0.29) is 19.0 Å². The molecular formula is C11H14N2O3. The minimum Gasteiger partial charge on any atom is -0.388 e. The summed E-state index contributed by atoms with van der Waals surface area (Å²) in [4.78, 5) is 17.5. The number of hydrogen-bond donors (Lipinski definition) is 2. The van der Waals surface area contributed by atoms with E-state index in [0.717, 1.165) is 0 Å². The van der Waals surface area contributed by atoms with E-state index >= 15 is 0 Å². The number of carbonyl (C=O) groups excluding carboxylic acids is 1. The highest BCUT2D eigenvalue weighted by Gasteiger charge is 2.33. The Balaban J connectivity index is 2.18. The van der Waals surface area contributed by atoms with Crippen molar-refractivity contribution in [3.63, 3.8) is 0 Å². The van der Waals surface area contributed by atoms with Crippen molar-refractivity contribution < 1.29 is 15.0 Å². The van der Waals surface area contributed by atoms with Crippen LogP contribution in [0.2, 0.25) is 0 Å². The van der Waals surface area contributed by atoms with Gasteiger partial charge in [0.25, 0.3) is 5.91 Å². The highest BCUT2D eigenvalue weighted by Crippen LogP contribution is 2.15. The average Bonchev–Trinajstić information content (AvgIpc) is 2.59. The lowest BCUT2D eigenvalue weighted by Crippen LogP contribution is -2.30. The molecule has 1 aromatic heterocycles. The zero-order valence-electron chi connectivity index (χ0n) is 9.00. The summed E-state index contributed by atoms with van der Waals surface area (Å²) >= 11 is 0. The molecular weight excluding hydrogens is 208 g/mol. The summed E-state index contributed by atoms with van der Waals surface area (Å²) in [6.45, 7) is 2.11. The molecule has 1 saturated heterocycles. The zero-order chi connectivity index (χ0) is 11.7. The molecule has 2 rings (SSSR count). The molecule has 2 heterocycles. The van der Waals surface area contributed by atoms with E-state index in [4.69, 9.17) is 0 Å². The Morgan fingerprint density at radius 3 is 2.62 bits per heavy atom. The molecule has 2 atom stereocenters. The molecule has 2 N–H and O–H groups in total. The van der Waals surface area contributed by atoms with Crippen LogP contribution in [0.1, 0.15) is 16.1 Å². The first-order valence-electron chi connectivity index (χ1n) is 5.16. The normalized spacial score (nSPS) is 24.8. The maximum Gasteiger partial charge on any atom is 0.255 e. The lowest BCUT2D eigenvalue weighted by molar-refractivity contribution is 0.0572. The van der Waals surface area contributed by atoms with Crippen molar-refractivity contribution in [3.05, 3.63) is 29.6 Å². The van der Waals surface area contributed by atoms with Gasteiger partial charge < -0.3 is 15.1 Å². The maximum absolute atomic E-state index is 12.0. The first-order valence-corrected chi connectivity index (χ1v) is 5.16. The van der Waals surface area contributed by atoms with Crippen LogP contribution < -0.4 is 0 Å². The third kappa shape index (κ3) is 1.91. The quantitative estimate of drug-likeness (QED) is 0.676. The van der Waals surface area contributed by atoms with Crippen molar-refractivity contribution in [1.29, 1.82) is 0 Å². The molecule has 0 bridgehead atoms. The molecule has 1 aromatic rings. The molecule has 0 saturated carbocycles. The van der Waals surface area contributed by atoms with Crippen LogP contribution in [0.5, 0.6) is 0 Å². The van der Waals surface area contributed by atoms with Crippen LogP contribution in [0.3, 0.4) is 0 Å². The van der Waals surface area contributed by atoms with Crippen LogP contribution in [0, 0.1) is 6.92 Å². The van der Waals surface area contributed by atoms with Crippen LogP contribution in [0.25, 0.3) is 0 Å². The molecule has 5 heteroatoms. The van der Waals surface area contributed by atoms with Gasteiger partial charge in [0.15, 0.2) is 0 Å². The van der Waals surface area contributed by atoms with Gasteiger partial charge in [-0.05, 0) is 19.1 Å². The van der Waals surface area contributed by atoms with Gasteiger partial charge in [-0.2, -0.15) is 0 Å². The Hall–Kier alpha value is -1.46. The smallest absolute Gasteiger partial charge is 0.255 e. The van der Waals surface area contributed by atoms with Crippen molar-refractivity contribution in [3.8, 4) is 0 Å². The number of pyridine rings is 1. The van der Waals surface area contributed by atoms with Gasteiger partial charge in [-0.3, -0.25) is 9.78 Å². The number of aryl methyl sites for hydroxylation is 1. The number of amides is 1. The zero-order valence-corrected chi connectivity index (χ0v) is 9.00. The summed E-state index contributed by atoms with van der Waals surface area (Å²) in [5.74, 6) is -0.193. The van der Waals surface area contributed by atoms with Gasteiger partial charge in [-0.25, -0.2) is 0 Å². The predicted molar refractivity (Wildman–Crippen MR) is 56.9 cm³/mol. The number of likely N-dealkylation sites (tertiary alicyclic amines) is 1. The van der Waals surface area contributed by atoms with Crippen LogP contribution >= 0.6 is 0 Å². The first-order chi connectivity index (χ1) is 7.59. The Morgan fingerprint density at radius 1 is 1.44 bits per heavy atom. The van der Waals surface area contributed by atoms with Crippen molar-refractivity contribution in [2.45, 2.75) is 19.1 Å². The third-order valence-electron chi connectivity index (χ3n) is 2.78. The molecule has 16 heavy (non-hydrogen) atoms. The Kier molecular flexibility index (Phi) is 2.89. The van der Waals surface area contributed by atoms with Crippen LogP contribution in [-0.2, 0) is 0 Å². The van der Waals surface area contributed by atoms with Crippen LogP contribution in [0.4, 0.5) is 0 Å². The van der Waals surface area contributed by atoms with E-state index in [0.29, 0.717) is 11.3 Å². The summed E-state index contributed by atoms with van der Waals surface area (Å²) in [6, 6.07) is 3.39. The second-order valence-electron chi connectivity index (χ2n) is 3.98. The molecule has 5 nitrogen and oxygen atoms in total. The summed E-state index contributed by atoms with van der Waals surface area (Å²) in [5.41, 5.74) is 1.17. The molecule has 1 aliphatic heterocycles. The van der Waals surface area contributed by atoms with Gasteiger partial charge >= 0.3 is 0 Å². The van der Waals surface area contributed by atoms with E-state index < -0.39 is 12.2 Å². The highest BCUT2D eigenvalue weighted by molar-refractivity contribution is 5.95. The fourth-order valence-corrected chi connectivity index (χ4v) is 1.82. The standard InChI is InChI=1S/C11H14N2O3/c1-7-8(3-2-4-12-7)11(16)13-5-9(14)10(15)6-13/h2-4,9-10,14-15H,5-6H2,1H3/t9-,10+. The molecule has 1 aliphatic rings. The molecule has 0 radical (unpaired) electrons. The van der Waals surface area contributed by atoms with Crippen LogP contribution in [-0.4, -0.2) is 51.3 Å². The minimum absolute atomic E-state index is 0.175. The molecule has 1 fully saturated rings. The second-order valence-corrected chi connectivity index (χ2v) is 3.98. The number of hydrogen-bond acceptors (Lipinski definition) is 4. The molecule has 0 aliphatic carbocycles. The van der Waals surface area contributed by atoms with Crippen molar-refractivity contribution in [2.24, 2.45) is 0 Å². The Bertz CT molecular complexity index is 398. The van der Waals surface area contributed by atoms with Gasteiger partial charge in [-0.15, -0.1) is 0 Å². The van der Waals surface area contributed by atoms with Gasteiger partial charge in [0.05, 0.1) is 17.8 Å². The molecule has 0 unspecified atom stereocenters. The van der Waals surface area contributed by atoms with E-state index in [2.05, 4.69) is 4.98 Å². The van der Waals surface area contributed by atoms with Gasteiger partial charge in [0, 0.05) is 25.0 Å². The van der Waals surface area contributed by atoms with E-state index in [9.17, 15) is 15.0 Å². The molecule has 0 aromatic carbocycles. The first kappa shape index (κ1) is 11.0. The molecule has 86 valence electrons. The Morgan fingerprint density at radius 2 is 2.06 bits per heavy atom. The number of nitrogens with zero attached hydrogens (tertiary/aromatic N) is 2. The number of aromatic nitrogens is 1. The van der Waals surface area contributed by atoms with E-state index in [1.807, 2.05) is 0 Å². The van der Waals surface area contributed by atoms with Gasteiger partial charge in [0.1, 0.15) is 0 Å². The summed E-state index contributed by atoms with van der Waals surface area (Å²) in [6.07, 6.45) is -0.0679. The molecule has 0 spiro atoms. The highest BCUT2D eigenvalue weighted by atomic mass is 16.3. The van der Waals surface area contributed by atoms with Crippen molar-refractivity contribution in [2.75, 3.05) is 13.1 Å². The van der Waals surface area contributed by atoms with Crippen molar-refractivity contribution >= 4 is 5.91 Å². The third-order valence-corrected chi connectivity index (χ3v) is 2.78. The van der Waals surface area contributed by atoms with Crippen LogP contribution in [0.15, 0.2) is 18.3 Å². The second kappa shape index (κ2) is 4.19. The lowest BCUT2D eigenvalue weighted by atomic mass is 10.2. The predicted octanol–water partition coefficient (Wildman–Crippen LogP) is -0.432. The van der Waals surface area contributed by atoms with Gasteiger partial charge in [0.2, 0.25) is 0 Å². The minimum atomic E-state index is -0.846. The van der Waals surface area contributed by atoms with Crippen molar-refractivity contribution in [1.82, 2.24) is 9.88 Å². The fraction of sp³-hybridized carbons (Fsp3) is 0.455. The lowest BCUT2D eigenvalue weighted by Gasteiger charge is -2.16. The Labute approximate surface area is 93.3 Å². The number of aliphatic hydroxyl groups excluding tert-OH is 2. The maximum atomic E-state index is 12.0. The fourth-order valence-electron chi connectivity index (χ4n) is 1.82. The number of β-amino-alcohol motifs (C(OH)–C–C–N with tert-alkyl or cyclic N) is 2. The average molecular weight is 222 g/mol.